The highest BCUT2D eigenvalue weighted by Gasteiger charge is 2.66. The van der Waals surface area contributed by atoms with Gasteiger partial charge in [-0.05, 0) is 6.42 Å². The fourth-order valence-corrected chi connectivity index (χ4v) is 3.31. The molecule has 0 radical (unpaired) electrons. The smallest absolute Gasteiger partial charge is 0.323 e. The van der Waals surface area contributed by atoms with Crippen molar-refractivity contribution in [3.63, 3.8) is 0 Å². The SMILES string of the molecule is CNC(=O)N(C)c1nnc(C2(C)CC2(Cl)Cl)s1. The van der Waals surface area contributed by atoms with Crippen molar-refractivity contribution in [1.29, 1.82) is 0 Å². The van der Waals surface area contributed by atoms with Crippen molar-refractivity contribution >= 4 is 45.7 Å². The number of rotatable bonds is 2. The van der Waals surface area contributed by atoms with E-state index in [1.54, 1.807) is 14.1 Å². The number of carbonyl (C=O) groups excluding carboxylic acids is 1. The molecule has 1 aliphatic carbocycles. The average molecular weight is 295 g/mol. The Morgan fingerprint density at radius 3 is 2.59 bits per heavy atom. The number of aromatic nitrogens is 2. The lowest BCUT2D eigenvalue weighted by Crippen LogP contribution is -2.34. The van der Waals surface area contributed by atoms with Crippen molar-refractivity contribution < 1.29 is 4.79 Å². The Morgan fingerprint density at radius 2 is 2.12 bits per heavy atom. The van der Waals surface area contributed by atoms with Gasteiger partial charge in [0.1, 0.15) is 9.34 Å². The van der Waals surface area contributed by atoms with Crippen LogP contribution in [0.3, 0.4) is 0 Å². The van der Waals surface area contributed by atoms with Gasteiger partial charge in [0.15, 0.2) is 0 Å². The van der Waals surface area contributed by atoms with Gasteiger partial charge in [0, 0.05) is 14.1 Å². The molecular formula is C9H12Cl2N4OS. The summed E-state index contributed by atoms with van der Waals surface area (Å²) >= 11 is 13.5. The fraction of sp³-hybridized carbons (Fsp3) is 0.667. The molecule has 0 bridgehead atoms. The predicted molar refractivity (Wildman–Crippen MR) is 69.2 cm³/mol. The molecule has 0 saturated heterocycles. The minimum atomic E-state index is -0.768. The van der Waals surface area contributed by atoms with Gasteiger partial charge in [0.05, 0.1) is 5.41 Å². The Balaban J connectivity index is 2.21. The minimum Gasteiger partial charge on any atom is -0.341 e. The summed E-state index contributed by atoms with van der Waals surface area (Å²) in [6.07, 6.45) is 0.654. The molecule has 2 amide bonds. The quantitative estimate of drug-likeness (QED) is 0.851. The summed E-state index contributed by atoms with van der Waals surface area (Å²) in [5.74, 6) is 0. The van der Waals surface area contributed by atoms with Crippen LogP contribution < -0.4 is 10.2 Å². The van der Waals surface area contributed by atoms with E-state index in [1.807, 2.05) is 6.92 Å². The summed E-state index contributed by atoms with van der Waals surface area (Å²) < 4.78 is -0.768. The molecule has 2 rings (SSSR count). The molecule has 8 heteroatoms. The second kappa shape index (κ2) is 3.96. The Bertz CT molecular complexity index is 464. The van der Waals surface area contributed by atoms with Crippen LogP contribution in [-0.4, -0.2) is 34.7 Å². The van der Waals surface area contributed by atoms with Crippen LogP contribution in [0, 0.1) is 0 Å². The number of nitrogens with zero attached hydrogens (tertiary/aromatic N) is 3. The van der Waals surface area contributed by atoms with Gasteiger partial charge in [-0.3, -0.25) is 4.90 Å². The van der Waals surface area contributed by atoms with Gasteiger partial charge in [-0.2, -0.15) is 0 Å². The molecule has 0 aromatic carbocycles. The number of nitrogens with one attached hydrogen (secondary N) is 1. The number of halogens is 2. The van der Waals surface area contributed by atoms with Gasteiger partial charge in [-0.1, -0.05) is 18.3 Å². The maximum Gasteiger partial charge on any atom is 0.323 e. The molecule has 1 aromatic heterocycles. The number of amides is 2. The molecule has 1 N–H and O–H groups in total. The second-order valence-corrected chi connectivity index (χ2v) is 6.66. The molecule has 1 saturated carbocycles. The van der Waals surface area contributed by atoms with E-state index >= 15 is 0 Å². The predicted octanol–water partition coefficient (Wildman–Crippen LogP) is 2.15. The first-order chi connectivity index (χ1) is 7.82. The zero-order valence-corrected chi connectivity index (χ0v) is 11.9. The third kappa shape index (κ3) is 1.98. The third-order valence-electron chi connectivity index (χ3n) is 2.95. The fourth-order valence-electron chi connectivity index (χ4n) is 1.46. The van der Waals surface area contributed by atoms with Crippen LogP contribution in [0.25, 0.3) is 0 Å². The van der Waals surface area contributed by atoms with Crippen molar-refractivity contribution in [2.45, 2.75) is 23.1 Å². The van der Waals surface area contributed by atoms with E-state index in [4.69, 9.17) is 23.2 Å². The maximum absolute atomic E-state index is 11.4. The van der Waals surface area contributed by atoms with E-state index < -0.39 is 4.33 Å². The Labute approximate surface area is 113 Å². The van der Waals surface area contributed by atoms with E-state index in [0.29, 0.717) is 11.6 Å². The van der Waals surface area contributed by atoms with Gasteiger partial charge in [0.25, 0.3) is 0 Å². The van der Waals surface area contributed by atoms with Crippen molar-refractivity contribution in [2.24, 2.45) is 0 Å². The maximum atomic E-state index is 11.4. The molecule has 1 aromatic rings. The van der Waals surface area contributed by atoms with Crippen LogP contribution in [0.2, 0.25) is 0 Å². The number of anilines is 1. The van der Waals surface area contributed by atoms with Crippen LogP contribution >= 0.6 is 34.5 Å². The Hall–Kier alpha value is -0.590. The lowest BCUT2D eigenvalue weighted by molar-refractivity contribution is 0.249. The van der Waals surface area contributed by atoms with Crippen molar-refractivity contribution in [2.75, 3.05) is 19.0 Å². The largest absolute Gasteiger partial charge is 0.341 e. The molecule has 5 nitrogen and oxygen atoms in total. The molecule has 1 heterocycles. The first kappa shape index (κ1) is 12.9. The molecular weight excluding hydrogens is 283 g/mol. The van der Waals surface area contributed by atoms with E-state index in [2.05, 4.69) is 15.5 Å². The molecule has 1 atom stereocenters. The van der Waals surface area contributed by atoms with Crippen LogP contribution in [0.5, 0.6) is 0 Å². The topological polar surface area (TPSA) is 58.1 Å². The van der Waals surface area contributed by atoms with Crippen molar-refractivity contribution in [3.8, 4) is 0 Å². The van der Waals surface area contributed by atoms with Gasteiger partial charge in [-0.15, -0.1) is 33.4 Å². The summed E-state index contributed by atoms with van der Waals surface area (Å²) in [7, 11) is 3.19. The first-order valence-electron chi connectivity index (χ1n) is 4.99. The highest BCUT2D eigenvalue weighted by Crippen LogP contribution is 2.65. The monoisotopic (exact) mass is 294 g/mol. The lowest BCUT2D eigenvalue weighted by Gasteiger charge is -2.11. The molecule has 1 unspecified atom stereocenters. The minimum absolute atomic E-state index is 0.239. The zero-order chi connectivity index (χ0) is 12.8. The third-order valence-corrected chi connectivity index (χ3v) is 5.31. The molecule has 17 heavy (non-hydrogen) atoms. The van der Waals surface area contributed by atoms with E-state index in [-0.39, 0.29) is 11.4 Å². The van der Waals surface area contributed by atoms with Gasteiger partial charge >= 0.3 is 6.03 Å². The molecule has 1 aliphatic rings. The highest BCUT2D eigenvalue weighted by atomic mass is 35.5. The van der Waals surface area contributed by atoms with Gasteiger partial charge in [-0.25, -0.2) is 4.79 Å². The Morgan fingerprint density at radius 1 is 1.53 bits per heavy atom. The molecule has 0 spiro atoms. The van der Waals surface area contributed by atoms with Gasteiger partial charge in [0.2, 0.25) is 5.13 Å². The number of hydrogen-bond donors (Lipinski definition) is 1. The summed E-state index contributed by atoms with van der Waals surface area (Å²) in [6, 6.07) is -0.239. The summed E-state index contributed by atoms with van der Waals surface area (Å²) in [6.45, 7) is 1.94. The van der Waals surface area contributed by atoms with E-state index in [1.165, 1.54) is 16.2 Å². The Kier molecular flexibility index (Phi) is 3.00. The van der Waals surface area contributed by atoms with Gasteiger partial charge < -0.3 is 5.32 Å². The van der Waals surface area contributed by atoms with Crippen LogP contribution in [0.15, 0.2) is 0 Å². The summed E-state index contributed by atoms with van der Waals surface area (Å²) in [4.78, 5) is 12.8. The number of hydrogen-bond acceptors (Lipinski definition) is 4. The number of carbonyl (C=O) groups is 1. The number of alkyl halides is 2. The summed E-state index contributed by atoms with van der Waals surface area (Å²) in [5, 5.41) is 11.8. The van der Waals surface area contributed by atoms with E-state index in [0.717, 1.165) is 5.01 Å². The molecule has 0 aliphatic heterocycles. The normalized spacial score (nSPS) is 25.5. The van der Waals surface area contributed by atoms with Crippen molar-refractivity contribution in [3.05, 3.63) is 5.01 Å². The van der Waals surface area contributed by atoms with Crippen LogP contribution in [-0.2, 0) is 5.41 Å². The van der Waals surface area contributed by atoms with E-state index in [9.17, 15) is 4.79 Å². The van der Waals surface area contributed by atoms with Crippen LogP contribution in [0.4, 0.5) is 9.93 Å². The molecule has 1 fully saturated rings. The first-order valence-corrected chi connectivity index (χ1v) is 6.56. The number of urea groups is 1. The molecule has 94 valence electrons. The summed E-state index contributed by atoms with van der Waals surface area (Å²) in [5.41, 5.74) is -0.352. The second-order valence-electron chi connectivity index (χ2n) is 4.22. The van der Waals surface area contributed by atoms with Crippen molar-refractivity contribution in [1.82, 2.24) is 15.5 Å². The standard InChI is InChI=1S/C9H12Cl2N4OS/c1-8(4-9(8,10)11)5-13-14-7(17-5)15(3)6(16)12-2/h4H2,1-3H3,(H,12,16). The highest BCUT2D eigenvalue weighted by molar-refractivity contribution is 7.15. The average Bonchev–Trinajstić information content (AvgIpc) is 2.72. The van der Waals surface area contributed by atoms with Crippen LogP contribution in [0.1, 0.15) is 18.4 Å². The lowest BCUT2D eigenvalue weighted by atomic mass is 10.2. The zero-order valence-electron chi connectivity index (χ0n) is 9.62.